The smallest absolute Gasteiger partial charge is 0.217 e. The Balaban J connectivity index is 2.04. The summed E-state index contributed by atoms with van der Waals surface area (Å²) in [5.74, 6) is 0.899. The molecule has 20 heavy (non-hydrogen) atoms. The van der Waals surface area contributed by atoms with Gasteiger partial charge in [0.2, 0.25) is 10.0 Å². The molecular formula is C12H23N5O2S. The predicted octanol–water partition coefficient (Wildman–Crippen LogP) is 0.154. The van der Waals surface area contributed by atoms with Gasteiger partial charge in [-0.05, 0) is 26.3 Å². The van der Waals surface area contributed by atoms with Crippen molar-refractivity contribution in [1.82, 2.24) is 24.0 Å². The van der Waals surface area contributed by atoms with E-state index in [0.29, 0.717) is 13.1 Å². The number of sulfonamides is 1. The number of aryl methyl sites for hydroxylation is 1. The highest BCUT2D eigenvalue weighted by atomic mass is 32.2. The fourth-order valence-electron chi connectivity index (χ4n) is 2.57. The summed E-state index contributed by atoms with van der Waals surface area (Å²) in [7, 11) is 0.0198. The topological polar surface area (TPSA) is 71.3 Å². The number of hydrogen-bond donors (Lipinski definition) is 0. The Bertz CT molecular complexity index is 540. The van der Waals surface area contributed by atoms with Crippen LogP contribution in [0, 0.1) is 0 Å². The minimum atomic E-state index is -3.18. The highest BCUT2D eigenvalue weighted by molar-refractivity contribution is 7.89. The maximum Gasteiger partial charge on any atom is 0.217 e. The summed E-state index contributed by atoms with van der Waals surface area (Å²) in [5, 5.41) is 3.83. The van der Waals surface area contributed by atoms with Gasteiger partial charge in [-0.15, -0.1) is 0 Å². The Labute approximate surface area is 120 Å². The van der Waals surface area contributed by atoms with Crippen LogP contribution in [0.5, 0.6) is 0 Å². The highest BCUT2D eigenvalue weighted by Crippen LogP contribution is 2.20. The van der Waals surface area contributed by atoms with Crippen LogP contribution in [-0.4, -0.2) is 64.8 Å². The lowest BCUT2D eigenvalue weighted by molar-refractivity contribution is 0.212. The summed E-state index contributed by atoms with van der Waals surface area (Å²) in [4.78, 5) is 6.41. The van der Waals surface area contributed by atoms with Crippen molar-refractivity contribution in [2.45, 2.75) is 38.1 Å². The van der Waals surface area contributed by atoms with Gasteiger partial charge in [-0.25, -0.2) is 22.4 Å². The van der Waals surface area contributed by atoms with Crippen molar-refractivity contribution >= 4 is 10.0 Å². The first kappa shape index (κ1) is 15.4. The van der Waals surface area contributed by atoms with Gasteiger partial charge in [0.15, 0.2) is 0 Å². The number of hydrogen-bond acceptors (Lipinski definition) is 5. The summed E-state index contributed by atoms with van der Waals surface area (Å²) < 4.78 is 27.6. The molecule has 0 bridgehead atoms. The molecule has 0 radical (unpaired) electrons. The maximum atomic E-state index is 12.2. The van der Waals surface area contributed by atoms with Crippen molar-refractivity contribution in [2.24, 2.45) is 0 Å². The van der Waals surface area contributed by atoms with Crippen molar-refractivity contribution in [3.8, 4) is 0 Å². The van der Waals surface area contributed by atoms with Gasteiger partial charge in [0.05, 0.1) is 11.8 Å². The van der Waals surface area contributed by atoms with Gasteiger partial charge in [0, 0.05) is 27.2 Å². The number of likely N-dealkylation sites (tertiary alicyclic amines) is 1. The fourth-order valence-corrected chi connectivity index (χ4v) is 4.03. The molecule has 2 rings (SSSR count). The van der Waals surface area contributed by atoms with Crippen LogP contribution in [0.25, 0.3) is 0 Å². The van der Waals surface area contributed by atoms with Crippen LogP contribution in [0.2, 0.25) is 0 Å². The second kappa shape index (κ2) is 6.19. The molecule has 2 heterocycles. The molecule has 0 aromatic carbocycles. The molecule has 1 fully saturated rings. The predicted molar refractivity (Wildman–Crippen MR) is 76.6 cm³/mol. The van der Waals surface area contributed by atoms with E-state index in [1.54, 1.807) is 20.4 Å². The summed E-state index contributed by atoms with van der Waals surface area (Å²) in [5.41, 5.74) is 0. The minimum Gasteiger partial charge on any atom is -0.295 e. The van der Waals surface area contributed by atoms with E-state index >= 15 is 0 Å². The van der Waals surface area contributed by atoms with E-state index in [2.05, 4.69) is 15.0 Å². The lowest BCUT2D eigenvalue weighted by atomic mass is 10.1. The molecule has 1 unspecified atom stereocenters. The quantitative estimate of drug-likeness (QED) is 0.774. The molecule has 1 aliphatic heterocycles. The van der Waals surface area contributed by atoms with Crippen molar-refractivity contribution < 1.29 is 8.42 Å². The van der Waals surface area contributed by atoms with Crippen molar-refractivity contribution in [3.05, 3.63) is 12.2 Å². The second-order valence-electron chi connectivity index (χ2n) is 5.32. The lowest BCUT2D eigenvalue weighted by Crippen LogP contribution is -2.45. The molecule has 0 aliphatic carbocycles. The Kier molecular flexibility index (Phi) is 4.77. The van der Waals surface area contributed by atoms with Crippen LogP contribution in [0.3, 0.4) is 0 Å². The SMILES string of the molecule is CCn1ncnc1CN1CCCC(S(=O)(=O)N(C)C)C1. The molecule has 1 saturated heterocycles. The molecule has 8 heteroatoms. The standard InChI is InChI=1S/C12H23N5O2S/c1-4-17-12(13-10-14-17)9-16-7-5-6-11(8-16)20(18,19)15(2)3/h10-11H,4-9H2,1-3H3. The minimum absolute atomic E-state index is 0.316. The Morgan fingerprint density at radius 2 is 2.20 bits per heavy atom. The third kappa shape index (κ3) is 3.18. The zero-order chi connectivity index (χ0) is 14.8. The number of nitrogens with zero attached hydrogens (tertiary/aromatic N) is 5. The van der Waals surface area contributed by atoms with E-state index in [4.69, 9.17) is 0 Å². The molecule has 114 valence electrons. The Morgan fingerprint density at radius 1 is 1.45 bits per heavy atom. The number of piperidine rings is 1. The third-order valence-electron chi connectivity index (χ3n) is 3.75. The zero-order valence-electron chi connectivity index (χ0n) is 12.4. The normalized spacial score (nSPS) is 21.5. The largest absolute Gasteiger partial charge is 0.295 e. The molecule has 1 atom stereocenters. The van der Waals surface area contributed by atoms with Crippen molar-refractivity contribution in [1.29, 1.82) is 0 Å². The van der Waals surface area contributed by atoms with Gasteiger partial charge in [0.25, 0.3) is 0 Å². The van der Waals surface area contributed by atoms with E-state index in [1.165, 1.54) is 4.31 Å². The Morgan fingerprint density at radius 3 is 2.85 bits per heavy atom. The first-order chi connectivity index (χ1) is 9.45. The van der Waals surface area contributed by atoms with Gasteiger partial charge < -0.3 is 0 Å². The molecule has 0 spiro atoms. The molecule has 1 aliphatic rings. The van der Waals surface area contributed by atoms with Gasteiger partial charge in [-0.2, -0.15) is 5.10 Å². The van der Waals surface area contributed by atoms with Crippen molar-refractivity contribution in [2.75, 3.05) is 27.2 Å². The van der Waals surface area contributed by atoms with Gasteiger partial charge in [0.1, 0.15) is 12.2 Å². The first-order valence-electron chi connectivity index (χ1n) is 6.95. The van der Waals surface area contributed by atoms with Gasteiger partial charge in [-0.1, -0.05) is 0 Å². The van der Waals surface area contributed by atoms with Crippen LogP contribution in [0.15, 0.2) is 6.33 Å². The first-order valence-corrected chi connectivity index (χ1v) is 8.45. The van der Waals surface area contributed by atoms with E-state index < -0.39 is 10.0 Å². The van der Waals surface area contributed by atoms with Gasteiger partial charge in [-0.3, -0.25) is 4.90 Å². The lowest BCUT2D eigenvalue weighted by Gasteiger charge is -2.33. The highest BCUT2D eigenvalue weighted by Gasteiger charge is 2.32. The summed E-state index contributed by atoms with van der Waals surface area (Å²) in [6.07, 6.45) is 3.19. The monoisotopic (exact) mass is 301 g/mol. The van der Waals surface area contributed by atoms with Crippen LogP contribution in [0.4, 0.5) is 0 Å². The molecule has 1 aromatic rings. The van der Waals surface area contributed by atoms with E-state index in [1.807, 2.05) is 11.6 Å². The maximum absolute atomic E-state index is 12.2. The van der Waals surface area contributed by atoms with Crippen LogP contribution < -0.4 is 0 Å². The zero-order valence-corrected chi connectivity index (χ0v) is 13.2. The molecule has 0 amide bonds. The molecule has 1 aromatic heterocycles. The average Bonchev–Trinajstić information content (AvgIpc) is 2.86. The summed E-state index contributed by atoms with van der Waals surface area (Å²) in [6.45, 7) is 4.94. The third-order valence-corrected chi connectivity index (χ3v) is 6.00. The van der Waals surface area contributed by atoms with E-state index in [-0.39, 0.29) is 5.25 Å². The van der Waals surface area contributed by atoms with Crippen molar-refractivity contribution in [3.63, 3.8) is 0 Å². The number of rotatable bonds is 5. The fraction of sp³-hybridized carbons (Fsp3) is 0.833. The summed E-state index contributed by atoms with van der Waals surface area (Å²) >= 11 is 0. The summed E-state index contributed by atoms with van der Waals surface area (Å²) in [6, 6.07) is 0. The van der Waals surface area contributed by atoms with E-state index in [0.717, 1.165) is 31.8 Å². The number of aromatic nitrogens is 3. The molecule has 7 nitrogen and oxygen atoms in total. The van der Waals surface area contributed by atoms with Crippen LogP contribution in [0.1, 0.15) is 25.6 Å². The van der Waals surface area contributed by atoms with Crippen LogP contribution in [-0.2, 0) is 23.1 Å². The second-order valence-corrected chi connectivity index (χ2v) is 7.75. The molecular weight excluding hydrogens is 278 g/mol. The van der Waals surface area contributed by atoms with Gasteiger partial charge >= 0.3 is 0 Å². The molecule has 0 N–H and O–H groups in total. The molecule has 0 saturated carbocycles. The van der Waals surface area contributed by atoms with Crippen LogP contribution >= 0.6 is 0 Å². The Hall–Kier alpha value is -0.990. The van der Waals surface area contributed by atoms with E-state index in [9.17, 15) is 8.42 Å². The average molecular weight is 301 g/mol.